The number of anilines is 1. The van der Waals surface area contributed by atoms with E-state index in [9.17, 15) is 0 Å². The van der Waals surface area contributed by atoms with E-state index in [1.165, 1.54) is 0 Å². The van der Waals surface area contributed by atoms with Gasteiger partial charge in [-0.15, -0.1) is 0 Å². The molecule has 6 heteroatoms. The molecule has 0 atom stereocenters. The Balaban J connectivity index is 2.40. The molecule has 106 valence electrons. The van der Waals surface area contributed by atoms with Crippen LogP contribution in [0, 0.1) is 6.92 Å². The molecule has 2 aromatic heterocycles. The summed E-state index contributed by atoms with van der Waals surface area (Å²) in [5, 5.41) is 3.16. The smallest absolute Gasteiger partial charge is 0.321 e. The summed E-state index contributed by atoms with van der Waals surface area (Å²) in [7, 11) is 0. The highest BCUT2D eigenvalue weighted by Crippen LogP contribution is 2.21. The summed E-state index contributed by atoms with van der Waals surface area (Å²) in [5.41, 5.74) is 1.95. The summed E-state index contributed by atoms with van der Waals surface area (Å²) in [4.78, 5) is 17.1. The van der Waals surface area contributed by atoms with E-state index < -0.39 is 0 Å². The van der Waals surface area contributed by atoms with Crippen molar-refractivity contribution in [2.75, 3.05) is 18.5 Å². The fraction of sp³-hybridized carbons (Fsp3) is 0.429. The molecule has 0 unspecified atom stereocenters. The van der Waals surface area contributed by atoms with Crippen LogP contribution in [0.25, 0.3) is 11.4 Å². The minimum absolute atomic E-state index is 0.340. The van der Waals surface area contributed by atoms with E-state index in [1.807, 2.05) is 19.9 Å². The minimum atomic E-state index is 0.340. The van der Waals surface area contributed by atoms with Crippen LogP contribution >= 0.6 is 0 Å². The van der Waals surface area contributed by atoms with Crippen LogP contribution in [0.1, 0.15) is 25.8 Å². The van der Waals surface area contributed by atoms with Crippen LogP contribution in [0.3, 0.4) is 0 Å². The zero-order valence-corrected chi connectivity index (χ0v) is 12.1. The second kappa shape index (κ2) is 6.79. The van der Waals surface area contributed by atoms with E-state index in [0.29, 0.717) is 24.4 Å². The van der Waals surface area contributed by atoms with Gasteiger partial charge in [0.1, 0.15) is 0 Å². The molecule has 0 aliphatic rings. The Morgan fingerprint density at radius 1 is 1.20 bits per heavy atom. The van der Waals surface area contributed by atoms with Crippen molar-refractivity contribution < 1.29 is 4.74 Å². The Kier molecular flexibility index (Phi) is 4.81. The summed E-state index contributed by atoms with van der Waals surface area (Å²) < 4.78 is 5.41. The van der Waals surface area contributed by atoms with Gasteiger partial charge < -0.3 is 10.1 Å². The lowest BCUT2D eigenvalue weighted by molar-refractivity contribution is 0.312. The van der Waals surface area contributed by atoms with Gasteiger partial charge >= 0.3 is 6.01 Å². The van der Waals surface area contributed by atoms with Crippen molar-refractivity contribution in [3.05, 3.63) is 24.0 Å². The van der Waals surface area contributed by atoms with Crippen molar-refractivity contribution in [1.82, 2.24) is 19.9 Å². The van der Waals surface area contributed by atoms with Crippen molar-refractivity contribution in [3.8, 4) is 17.4 Å². The third-order valence-electron chi connectivity index (χ3n) is 2.68. The predicted octanol–water partition coefficient (Wildman–Crippen LogP) is 2.46. The normalized spacial score (nSPS) is 10.3. The first-order chi connectivity index (χ1) is 9.74. The van der Waals surface area contributed by atoms with Crippen LogP contribution in [0.4, 0.5) is 5.95 Å². The molecule has 0 aliphatic heterocycles. The van der Waals surface area contributed by atoms with Gasteiger partial charge in [-0.05, 0) is 31.9 Å². The van der Waals surface area contributed by atoms with Gasteiger partial charge in [0.15, 0.2) is 5.82 Å². The molecule has 0 amide bonds. The van der Waals surface area contributed by atoms with Gasteiger partial charge in [0.05, 0.1) is 6.61 Å². The fourth-order valence-electron chi connectivity index (χ4n) is 1.71. The van der Waals surface area contributed by atoms with Crippen molar-refractivity contribution >= 4 is 5.95 Å². The van der Waals surface area contributed by atoms with Gasteiger partial charge in [-0.3, -0.25) is 4.98 Å². The number of aryl methyl sites for hydroxylation is 1. The maximum Gasteiger partial charge on any atom is 0.321 e. The molecule has 1 N–H and O–H groups in total. The molecule has 0 aromatic carbocycles. The summed E-state index contributed by atoms with van der Waals surface area (Å²) >= 11 is 0. The third kappa shape index (κ3) is 3.40. The number of pyridine rings is 1. The number of nitrogens with zero attached hydrogens (tertiary/aromatic N) is 4. The minimum Gasteiger partial charge on any atom is -0.464 e. The molecular formula is C14H19N5O. The quantitative estimate of drug-likeness (QED) is 0.871. The van der Waals surface area contributed by atoms with Gasteiger partial charge in [-0.2, -0.15) is 15.0 Å². The maximum atomic E-state index is 5.41. The fourth-order valence-corrected chi connectivity index (χ4v) is 1.71. The number of ether oxygens (including phenoxy) is 1. The average molecular weight is 273 g/mol. The van der Waals surface area contributed by atoms with E-state index in [1.54, 1.807) is 12.4 Å². The van der Waals surface area contributed by atoms with E-state index >= 15 is 0 Å². The molecule has 2 heterocycles. The standard InChI is InChI=1S/C14H19N5O/c1-4-7-16-13-17-12(18-14(19-13)20-5-2)11-6-8-15-9-10(11)3/h6,8-9H,4-5,7H2,1-3H3,(H,16,17,18,19). The molecule has 20 heavy (non-hydrogen) atoms. The Morgan fingerprint density at radius 2 is 2.05 bits per heavy atom. The SMILES string of the molecule is CCCNc1nc(OCC)nc(-c2ccncc2C)n1. The van der Waals surface area contributed by atoms with Gasteiger partial charge in [0, 0.05) is 24.5 Å². The second-order valence-electron chi connectivity index (χ2n) is 4.32. The van der Waals surface area contributed by atoms with E-state index in [-0.39, 0.29) is 0 Å². The first kappa shape index (κ1) is 14.2. The first-order valence-electron chi connectivity index (χ1n) is 6.78. The number of rotatable bonds is 6. The van der Waals surface area contributed by atoms with Gasteiger partial charge in [0.25, 0.3) is 0 Å². The van der Waals surface area contributed by atoms with Crippen LogP contribution in [0.15, 0.2) is 18.5 Å². The van der Waals surface area contributed by atoms with Gasteiger partial charge in [-0.1, -0.05) is 6.92 Å². The highest BCUT2D eigenvalue weighted by atomic mass is 16.5. The summed E-state index contributed by atoms with van der Waals surface area (Å²) in [6, 6.07) is 2.23. The van der Waals surface area contributed by atoms with Gasteiger partial charge in [-0.25, -0.2) is 0 Å². The third-order valence-corrected chi connectivity index (χ3v) is 2.68. The first-order valence-corrected chi connectivity index (χ1v) is 6.78. The molecule has 0 radical (unpaired) electrons. The predicted molar refractivity (Wildman–Crippen MR) is 77.7 cm³/mol. The highest BCUT2D eigenvalue weighted by Gasteiger charge is 2.10. The molecule has 0 saturated heterocycles. The molecule has 6 nitrogen and oxygen atoms in total. The number of hydrogen-bond donors (Lipinski definition) is 1. The summed E-state index contributed by atoms with van der Waals surface area (Å²) in [6.45, 7) is 7.30. The van der Waals surface area contributed by atoms with Crippen LogP contribution in [0.5, 0.6) is 6.01 Å². The highest BCUT2D eigenvalue weighted by molar-refractivity contribution is 5.60. The Bertz CT molecular complexity index is 573. The van der Waals surface area contributed by atoms with Crippen molar-refractivity contribution in [2.45, 2.75) is 27.2 Å². The second-order valence-corrected chi connectivity index (χ2v) is 4.32. The van der Waals surface area contributed by atoms with E-state index in [0.717, 1.165) is 24.1 Å². The molecule has 0 saturated carbocycles. The zero-order valence-electron chi connectivity index (χ0n) is 12.1. The molecule has 2 aromatic rings. The maximum absolute atomic E-state index is 5.41. The van der Waals surface area contributed by atoms with Crippen LogP contribution < -0.4 is 10.1 Å². The Morgan fingerprint density at radius 3 is 2.75 bits per heavy atom. The summed E-state index contributed by atoms with van der Waals surface area (Å²) in [5.74, 6) is 1.14. The molecule has 0 bridgehead atoms. The average Bonchev–Trinajstić information content (AvgIpc) is 2.46. The summed E-state index contributed by atoms with van der Waals surface area (Å²) in [6.07, 6.45) is 4.52. The van der Waals surface area contributed by atoms with E-state index in [2.05, 4.69) is 32.2 Å². The zero-order chi connectivity index (χ0) is 14.4. The van der Waals surface area contributed by atoms with Crippen LogP contribution in [-0.2, 0) is 0 Å². The molecular weight excluding hydrogens is 254 g/mol. The topological polar surface area (TPSA) is 72.8 Å². The number of hydrogen-bond acceptors (Lipinski definition) is 6. The van der Waals surface area contributed by atoms with Crippen LogP contribution in [-0.4, -0.2) is 33.1 Å². The number of aromatic nitrogens is 4. The van der Waals surface area contributed by atoms with E-state index in [4.69, 9.17) is 4.74 Å². The lowest BCUT2D eigenvalue weighted by atomic mass is 10.1. The van der Waals surface area contributed by atoms with Crippen LogP contribution in [0.2, 0.25) is 0 Å². The lowest BCUT2D eigenvalue weighted by Crippen LogP contribution is -2.09. The Hall–Kier alpha value is -2.24. The van der Waals surface area contributed by atoms with Crippen molar-refractivity contribution in [2.24, 2.45) is 0 Å². The monoisotopic (exact) mass is 273 g/mol. The molecule has 0 aliphatic carbocycles. The van der Waals surface area contributed by atoms with Gasteiger partial charge in [0.2, 0.25) is 5.95 Å². The lowest BCUT2D eigenvalue weighted by Gasteiger charge is -2.09. The van der Waals surface area contributed by atoms with Crippen molar-refractivity contribution in [3.63, 3.8) is 0 Å². The Labute approximate surface area is 118 Å². The van der Waals surface area contributed by atoms with Crippen molar-refractivity contribution in [1.29, 1.82) is 0 Å². The largest absolute Gasteiger partial charge is 0.464 e. The molecule has 2 rings (SSSR count). The number of nitrogens with one attached hydrogen (secondary N) is 1. The molecule has 0 spiro atoms. The molecule has 0 fully saturated rings.